The molecular formula is C21H16FN5OS. The predicted molar refractivity (Wildman–Crippen MR) is 109 cm³/mol. The summed E-state index contributed by atoms with van der Waals surface area (Å²) in [6.45, 7) is 1.73. The molecule has 0 aliphatic carbocycles. The molecule has 4 rings (SSSR count). The lowest BCUT2D eigenvalue weighted by Gasteiger charge is -2.08. The van der Waals surface area contributed by atoms with Gasteiger partial charge in [-0.3, -0.25) is 4.79 Å². The lowest BCUT2D eigenvalue weighted by Crippen LogP contribution is -2.13. The molecule has 0 radical (unpaired) electrons. The number of benzene rings is 1. The fraction of sp³-hybridized carbons (Fsp3) is 0.0476. The molecule has 1 N–H and O–H groups in total. The normalized spacial score (nSPS) is 10.7. The van der Waals surface area contributed by atoms with Crippen LogP contribution in [0, 0.1) is 12.7 Å². The first-order valence-corrected chi connectivity index (χ1v) is 9.59. The van der Waals surface area contributed by atoms with E-state index in [1.165, 1.54) is 28.7 Å². The number of pyridine rings is 2. The molecule has 8 heteroatoms. The zero-order valence-electron chi connectivity index (χ0n) is 15.4. The van der Waals surface area contributed by atoms with E-state index in [0.717, 1.165) is 5.03 Å². The number of nitrogens with zero attached hydrogens (tertiary/aromatic N) is 4. The number of hydrogen-bond acceptors (Lipinski definition) is 5. The van der Waals surface area contributed by atoms with Gasteiger partial charge in [0.2, 0.25) is 0 Å². The fourth-order valence-corrected chi connectivity index (χ4v) is 3.53. The number of hydrogen-bond donors (Lipinski definition) is 1. The highest BCUT2D eigenvalue weighted by molar-refractivity contribution is 7.99. The van der Waals surface area contributed by atoms with Crippen molar-refractivity contribution < 1.29 is 9.18 Å². The Kier molecular flexibility index (Phi) is 5.35. The maximum Gasteiger partial charge on any atom is 0.259 e. The minimum atomic E-state index is -0.407. The van der Waals surface area contributed by atoms with Gasteiger partial charge < -0.3 is 5.32 Å². The number of para-hydroxylation sites is 1. The van der Waals surface area contributed by atoms with E-state index in [2.05, 4.69) is 20.4 Å². The van der Waals surface area contributed by atoms with Gasteiger partial charge in [0, 0.05) is 18.1 Å². The van der Waals surface area contributed by atoms with Crippen molar-refractivity contribution in [1.29, 1.82) is 0 Å². The Morgan fingerprint density at radius 1 is 1.03 bits per heavy atom. The average Bonchev–Trinajstić information content (AvgIpc) is 3.11. The highest BCUT2D eigenvalue weighted by Gasteiger charge is 2.17. The molecule has 4 aromatic rings. The van der Waals surface area contributed by atoms with Crippen LogP contribution in [-0.2, 0) is 0 Å². The monoisotopic (exact) mass is 405 g/mol. The number of carbonyl (C=O) groups is 1. The predicted octanol–water partition coefficient (Wildman–Crippen LogP) is 4.51. The first-order valence-electron chi connectivity index (χ1n) is 8.77. The SMILES string of the molecule is Cc1c(C(=O)Nc2ccnc(Sc3ccccn3)c2)cnn1-c1ccccc1F. The number of nitrogens with one attached hydrogen (secondary N) is 1. The zero-order chi connectivity index (χ0) is 20.2. The van der Waals surface area contributed by atoms with Crippen LogP contribution in [0.3, 0.4) is 0 Å². The number of anilines is 1. The number of carbonyl (C=O) groups excluding carboxylic acids is 1. The molecule has 0 unspecified atom stereocenters. The van der Waals surface area contributed by atoms with Crippen molar-refractivity contribution in [3.05, 3.63) is 90.3 Å². The molecular weight excluding hydrogens is 389 g/mol. The van der Waals surface area contributed by atoms with Crippen LogP contribution in [0.1, 0.15) is 16.1 Å². The molecule has 0 saturated heterocycles. The Hall–Kier alpha value is -3.52. The van der Waals surface area contributed by atoms with E-state index in [4.69, 9.17) is 0 Å². The summed E-state index contributed by atoms with van der Waals surface area (Å²) in [5.74, 6) is -0.735. The summed E-state index contributed by atoms with van der Waals surface area (Å²) < 4.78 is 15.5. The van der Waals surface area contributed by atoms with Crippen LogP contribution < -0.4 is 5.32 Å². The van der Waals surface area contributed by atoms with Gasteiger partial charge in [-0.25, -0.2) is 19.0 Å². The van der Waals surface area contributed by atoms with Gasteiger partial charge in [0.25, 0.3) is 5.91 Å². The zero-order valence-corrected chi connectivity index (χ0v) is 16.2. The van der Waals surface area contributed by atoms with Crippen molar-refractivity contribution in [2.75, 3.05) is 5.32 Å². The second-order valence-corrected chi connectivity index (χ2v) is 7.15. The van der Waals surface area contributed by atoms with Crippen LogP contribution in [0.2, 0.25) is 0 Å². The molecule has 0 fully saturated rings. The molecule has 3 heterocycles. The van der Waals surface area contributed by atoms with Crippen LogP contribution in [0.4, 0.5) is 10.1 Å². The van der Waals surface area contributed by atoms with Crippen molar-refractivity contribution in [3.63, 3.8) is 0 Å². The van der Waals surface area contributed by atoms with Crippen molar-refractivity contribution in [1.82, 2.24) is 19.7 Å². The summed E-state index contributed by atoms with van der Waals surface area (Å²) in [6.07, 6.45) is 4.77. The lowest BCUT2D eigenvalue weighted by atomic mass is 10.2. The first kappa shape index (κ1) is 18.8. The molecule has 29 heavy (non-hydrogen) atoms. The van der Waals surface area contributed by atoms with Crippen molar-refractivity contribution in [2.45, 2.75) is 17.0 Å². The summed E-state index contributed by atoms with van der Waals surface area (Å²) in [4.78, 5) is 21.3. The molecule has 0 bridgehead atoms. The molecule has 1 amide bonds. The Labute approximate surface area is 170 Å². The van der Waals surface area contributed by atoms with Crippen molar-refractivity contribution in [2.24, 2.45) is 0 Å². The Balaban J connectivity index is 1.53. The number of rotatable bonds is 5. The maximum atomic E-state index is 14.1. The van der Waals surface area contributed by atoms with E-state index >= 15 is 0 Å². The summed E-state index contributed by atoms with van der Waals surface area (Å²) in [5, 5.41) is 8.54. The standard InChI is InChI=1S/C21H16FN5OS/c1-14-16(13-25-27(14)18-7-3-2-6-17(18)22)21(28)26-15-9-11-24-20(12-15)29-19-8-4-5-10-23-19/h2-13H,1H3,(H,24,26,28). The van der Waals surface area contributed by atoms with Gasteiger partial charge >= 0.3 is 0 Å². The van der Waals surface area contributed by atoms with Crippen LogP contribution in [-0.4, -0.2) is 25.7 Å². The van der Waals surface area contributed by atoms with Gasteiger partial charge in [0.15, 0.2) is 0 Å². The fourth-order valence-electron chi connectivity index (χ4n) is 2.75. The van der Waals surface area contributed by atoms with Crippen LogP contribution >= 0.6 is 11.8 Å². The molecule has 6 nitrogen and oxygen atoms in total. The van der Waals surface area contributed by atoms with Gasteiger partial charge in [-0.2, -0.15) is 5.10 Å². The van der Waals surface area contributed by atoms with Crippen LogP contribution in [0.15, 0.2) is 83.2 Å². The maximum absolute atomic E-state index is 14.1. The van der Waals surface area contributed by atoms with E-state index in [1.54, 1.807) is 49.6 Å². The van der Waals surface area contributed by atoms with Crippen molar-refractivity contribution >= 4 is 23.4 Å². The molecule has 1 aromatic carbocycles. The topological polar surface area (TPSA) is 72.7 Å². The number of halogens is 1. The summed E-state index contributed by atoms with van der Waals surface area (Å²) in [5.41, 5.74) is 1.80. The largest absolute Gasteiger partial charge is 0.322 e. The second kappa shape index (κ2) is 8.24. The molecule has 0 spiro atoms. The Morgan fingerprint density at radius 3 is 2.62 bits per heavy atom. The van der Waals surface area contributed by atoms with Gasteiger partial charge in [-0.15, -0.1) is 0 Å². The van der Waals surface area contributed by atoms with Gasteiger partial charge in [-0.05, 0) is 43.3 Å². The lowest BCUT2D eigenvalue weighted by molar-refractivity contribution is 0.102. The Bertz CT molecular complexity index is 1160. The smallest absolute Gasteiger partial charge is 0.259 e. The van der Waals surface area contributed by atoms with E-state index in [1.807, 2.05) is 18.2 Å². The van der Waals surface area contributed by atoms with Crippen LogP contribution in [0.25, 0.3) is 5.69 Å². The highest BCUT2D eigenvalue weighted by atomic mass is 32.2. The van der Waals surface area contributed by atoms with E-state index in [9.17, 15) is 9.18 Å². The van der Waals surface area contributed by atoms with Gasteiger partial charge in [0.05, 0.1) is 17.5 Å². The second-order valence-electron chi connectivity index (χ2n) is 6.11. The molecule has 144 valence electrons. The molecule has 0 saturated carbocycles. The summed E-state index contributed by atoms with van der Waals surface area (Å²) in [7, 11) is 0. The van der Waals surface area contributed by atoms with Gasteiger partial charge in [0.1, 0.15) is 21.6 Å². The number of aromatic nitrogens is 4. The highest BCUT2D eigenvalue weighted by Crippen LogP contribution is 2.26. The first-order chi connectivity index (χ1) is 14.1. The molecule has 0 aliphatic heterocycles. The van der Waals surface area contributed by atoms with Crippen LogP contribution in [0.5, 0.6) is 0 Å². The van der Waals surface area contributed by atoms with Crippen molar-refractivity contribution in [3.8, 4) is 5.69 Å². The summed E-state index contributed by atoms with van der Waals surface area (Å²) in [6, 6.07) is 15.4. The quantitative estimate of drug-likeness (QED) is 0.529. The molecule has 0 atom stereocenters. The third-order valence-corrected chi connectivity index (χ3v) is 5.06. The summed E-state index contributed by atoms with van der Waals surface area (Å²) >= 11 is 1.40. The minimum Gasteiger partial charge on any atom is -0.322 e. The third kappa shape index (κ3) is 4.17. The Morgan fingerprint density at radius 2 is 1.83 bits per heavy atom. The van der Waals surface area contributed by atoms with Gasteiger partial charge in [-0.1, -0.05) is 30.0 Å². The molecule has 0 aliphatic rings. The third-order valence-electron chi connectivity index (χ3n) is 4.17. The van der Waals surface area contributed by atoms with E-state index < -0.39 is 5.82 Å². The molecule has 3 aromatic heterocycles. The minimum absolute atomic E-state index is 0.294. The van der Waals surface area contributed by atoms with E-state index in [0.29, 0.717) is 27.7 Å². The number of amides is 1. The average molecular weight is 405 g/mol. The van der Waals surface area contributed by atoms with E-state index in [-0.39, 0.29) is 5.91 Å².